The highest BCUT2D eigenvalue weighted by Crippen LogP contribution is 2.24. The molecule has 1 atom stereocenters. The number of nitrogens with zero attached hydrogens (tertiary/aromatic N) is 4. The summed E-state index contributed by atoms with van der Waals surface area (Å²) >= 11 is 0. The summed E-state index contributed by atoms with van der Waals surface area (Å²) in [5, 5.41) is 2.87. The topological polar surface area (TPSA) is 79.8 Å². The lowest BCUT2D eigenvalue weighted by Crippen LogP contribution is -2.37. The van der Waals surface area contributed by atoms with E-state index in [1.54, 1.807) is 13.1 Å². The number of anilines is 3. The highest BCUT2D eigenvalue weighted by Gasteiger charge is 2.20. The fourth-order valence-electron chi connectivity index (χ4n) is 2.70. The number of ether oxygens (including phenoxy) is 2. The molecule has 3 rings (SSSR count). The molecule has 1 aliphatic rings. The standard InChI is InChI=1S/C19H25N5O3/c1-14(27-15-7-5-4-6-8-15)18(25)21-16-13-20-19(22-17(16)23(2)3)24-9-11-26-12-10-24/h4-8,13-14H,9-12H2,1-3H3,(H,21,25)/t14-/m1/s1. The molecule has 1 saturated heterocycles. The number of benzene rings is 1. The smallest absolute Gasteiger partial charge is 0.265 e. The van der Waals surface area contributed by atoms with E-state index in [9.17, 15) is 4.79 Å². The van der Waals surface area contributed by atoms with E-state index >= 15 is 0 Å². The van der Waals surface area contributed by atoms with Gasteiger partial charge in [-0.1, -0.05) is 18.2 Å². The largest absolute Gasteiger partial charge is 0.481 e. The van der Waals surface area contributed by atoms with Crippen molar-refractivity contribution in [1.82, 2.24) is 9.97 Å². The molecule has 0 unspecified atom stereocenters. The molecule has 8 heteroatoms. The first-order valence-electron chi connectivity index (χ1n) is 8.94. The van der Waals surface area contributed by atoms with E-state index in [0.717, 1.165) is 13.1 Å². The SMILES string of the molecule is C[C@@H](Oc1ccccc1)C(=O)Nc1cnc(N2CCOCC2)nc1N(C)C. The summed E-state index contributed by atoms with van der Waals surface area (Å²) in [5.74, 6) is 1.66. The molecule has 0 radical (unpaired) electrons. The lowest BCUT2D eigenvalue weighted by molar-refractivity contribution is -0.122. The number of carbonyl (C=O) groups excluding carboxylic acids is 1. The average Bonchev–Trinajstić information content (AvgIpc) is 2.69. The first kappa shape index (κ1) is 18.9. The molecule has 1 aromatic heterocycles. The molecule has 0 saturated carbocycles. The molecule has 0 aliphatic carbocycles. The predicted octanol–water partition coefficient (Wildman–Crippen LogP) is 1.79. The van der Waals surface area contributed by atoms with Gasteiger partial charge in [0.25, 0.3) is 5.91 Å². The third kappa shape index (κ3) is 4.85. The zero-order valence-electron chi connectivity index (χ0n) is 15.9. The number of hydrogen-bond donors (Lipinski definition) is 1. The van der Waals surface area contributed by atoms with Gasteiger partial charge < -0.3 is 24.6 Å². The third-order valence-electron chi connectivity index (χ3n) is 4.16. The van der Waals surface area contributed by atoms with Crippen LogP contribution < -0.4 is 19.9 Å². The Hall–Kier alpha value is -2.87. The lowest BCUT2D eigenvalue weighted by atomic mass is 10.3. The van der Waals surface area contributed by atoms with Crippen molar-refractivity contribution in [1.29, 1.82) is 0 Å². The fourth-order valence-corrected chi connectivity index (χ4v) is 2.70. The molecule has 0 bridgehead atoms. The summed E-state index contributed by atoms with van der Waals surface area (Å²) in [6, 6.07) is 9.25. The van der Waals surface area contributed by atoms with Gasteiger partial charge in [0, 0.05) is 27.2 Å². The molecular formula is C19H25N5O3. The van der Waals surface area contributed by atoms with Crippen LogP contribution in [0.2, 0.25) is 0 Å². The zero-order valence-corrected chi connectivity index (χ0v) is 15.9. The Morgan fingerprint density at radius 1 is 1.26 bits per heavy atom. The molecule has 1 N–H and O–H groups in total. The first-order chi connectivity index (χ1) is 13.0. The van der Waals surface area contributed by atoms with Crippen LogP contribution in [-0.2, 0) is 9.53 Å². The van der Waals surface area contributed by atoms with Gasteiger partial charge in [-0.2, -0.15) is 4.98 Å². The summed E-state index contributed by atoms with van der Waals surface area (Å²) in [5.41, 5.74) is 0.547. The van der Waals surface area contributed by atoms with E-state index in [2.05, 4.69) is 20.2 Å². The van der Waals surface area contributed by atoms with Gasteiger partial charge in [0.15, 0.2) is 11.9 Å². The van der Waals surface area contributed by atoms with Gasteiger partial charge in [0.1, 0.15) is 11.4 Å². The first-order valence-corrected chi connectivity index (χ1v) is 8.94. The molecule has 2 heterocycles. The summed E-state index contributed by atoms with van der Waals surface area (Å²) in [6.07, 6.45) is 0.988. The highest BCUT2D eigenvalue weighted by atomic mass is 16.5. The van der Waals surface area contributed by atoms with Crippen molar-refractivity contribution in [3.8, 4) is 5.75 Å². The van der Waals surface area contributed by atoms with Crippen LogP contribution in [0.15, 0.2) is 36.5 Å². The Labute approximate surface area is 159 Å². The summed E-state index contributed by atoms with van der Waals surface area (Å²) in [4.78, 5) is 25.5. The second-order valence-corrected chi connectivity index (χ2v) is 6.46. The van der Waals surface area contributed by atoms with Gasteiger partial charge in [-0.05, 0) is 19.1 Å². The minimum absolute atomic E-state index is 0.260. The van der Waals surface area contributed by atoms with Crippen LogP contribution in [0, 0.1) is 0 Å². The molecular weight excluding hydrogens is 346 g/mol. The van der Waals surface area contributed by atoms with Crippen LogP contribution >= 0.6 is 0 Å². The van der Waals surface area contributed by atoms with Crippen LogP contribution in [-0.4, -0.2) is 62.4 Å². The van der Waals surface area contributed by atoms with E-state index in [4.69, 9.17) is 9.47 Å². The number of aromatic nitrogens is 2. The third-order valence-corrected chi connectivity index (χ3v) is 4.16. The Balaban J connectivity index is 1.72. The van der Waals surface area contributed by atoms with Crippen molar-refractivity contribution in [2.45, 2.75) is 13.0 Å². The molecule has 1 fully saturated rings. The molecule has 1 aliphatic heterocycles. The zero-order chi connectivity index (χ0) is 19.2. The Morgan fingerprint density at radius 2 is 1.96 bits per heavy atom. The Kier molecular flexibility index (Phi) is 6.08. The summed E-state index contributed by atoms with van der Waals surface area (Å²) in [7, 11) is 3.76. The second-order valence-electron chi connectivity index (χ2n) is 6.46. The van der Waals surface area contributed by atoms with Gasteiger partial charge in [0.2, 0.25) is 5.95 Å². The van der Waals surface area contributed by atoms with Gasteiger partial charge in [-0.25, -0.2) is 4.98 Å². The molecule has 0 spiro atoms. The maximum absolute atomic E-state index is 12.5. The van der Waals surface area contributed by atoms with Crippen LogP contribution in [0.5, 0.6) is 5.75 Å². The van der Waals surface area contributed by atoms with E-state index in [1.807, 2.05) is 49.3 Å². The van der Waals surface area contributed by atoms with Gasteiger partial charge in [-0.15, -0.1) is 0 Å². The summed E-state index contributed by atoms with van der Waals surface area (Å²) in [6.45, 7) is 4.53. The Bertz CT molecular complexity index is 763. The van der Waals surface area contributed by atoms with E-state index < -0.39 is 6.10 Å². The highest BCUT2D eigenvalue weighted by molar-refractivity contribution is 5.96. The van der Waals surface area contributed by atoms with Crippen molar-refractivity contribution in [2.75, 3.05) is 55.5 Å². The van der Waals surface area contributed by atoms with E-state index in [0.29, 0.717) is 36.4 Å². The van der Waals surface area contributed by atoms with E-state index in [1.165, 1.54) is 0 Å². The molecule has 1 amide bonds. The van der Waals surface area contributed by atoms with Crippen LogP contribution in [0.25, 0.3) is 0 Å². The second kappa shape index (κ2) is 8.68. The number of amides is 1. The number of para-hydroxylation sites is 1. The molecule has 1 aromatic carbocycles. The number of hydrogen-bond acceptors (Lipinski definition) is 7. The number of nitrogens with one attached hydrogen (secondary N) is 1. The minimum Gasteiger partial charge on any atom is -0.481 e. The molecule has 27 heavy (non-hydrogen) atoms. The van der Waals surface area contributed by atoms with Crippen LogP contribution in [0.1, 0.15) is 6.92 Å². The average molecular weight is 371 g/mol. The van der Waals surface area contributed by atoms with Crippen molar-refractivity contribution in [3.63, 3.8) is 0 Å². The van der Waals surface area contributed by atoms with Crippen molar-refractivity contribution in [3.05, 3.63) is 36.5 Å². The monoisotopic (exact) mass is 371 g/mol. The molecule has 2 aromatic rings. The maximum atomic E-state index is 12.5. The minimum atomic E-state index is -0.652. The maximum Gasteiger partial charge on any atom is 0.265 e. The van der Waals surface area contributed by atoms with Crippen molar-refractivity contribution in [2.24, 2.45) is 0 Å². The van der Waals surface area contributed by atoms with Crippen LogP contribution in [0.3, 0.4) is 0 Å². The van der Waals surface area contributed by atoms with E-state index in [-0.39, 0.29) is 5.91 Å². The predicted molar refractivity (Wildman–Crippen MR) is 105 cm³/mol. The quantitative estimate of drug-likeness (QED) is 0.829. The Morgan fingerprint density at radius 3 is 2.63 bits per heavy atom. The fraction of sp³-hybridized carbons (Fsp3) is 0.421. The normalized spacial score (nSPS) is 15.1. The van der Waals surface area contributed by atoms with Crippen molar-refractivity contribution < 1.29 is 14.3 Å². The number of morpholine rings is 1. The summed E-state index contributed by atoms with van der Waals surface area (Å²) < 4.78 is 11.1. The van der Waals surface area contributed by atoms with Gasteiger partial charge in [-0.3, -0.25) is 4.79 Å². The molecule has 8 nitrogen and oxygen atoms in total. The molecule has 144 valence electrons. The lowest BCUT2D eigenvalue weighted by Gasteiger charge is -2.28. The van der Waals surface area contributed by atoms with Crippen LogP contribution in [0.4, 0.5) is 17.5 Å². The van der Waals surface area contributed by atoms with Gasteiger partial charge in [0.05, 0.1) is 19.4 Å². The number of rotatable bonds is 6. The number of carbonyl (C=O) groups is 1. The van der Waals surface area contributed by atoms with Gasteiger partial charge >= 0.3 is 0 Å². The van der Waals surface area contributed by atoms with Crippen molar-refractivity contribution >= 4 is 23.4 Å².